The molecule has 1 aliphatic heterocycles. The van der Waals surface area contributed by atoms with Crippen LogP contribution in [0, 0.1) is 0 Å². The lowest BCUT2D eigenvalue weighted by atomic mass is 9.95. The van der Waals surface area contributed by atoms with Crippen LogP contribution < -0.4 is 0 Å². The molecule has 86 valence electrons. The Bertz CT molecular complexity index is 323. The van der Waals surface area contributed by atoms with Gasteiger partial charge in [0.2, 0.25) is 0 Å². The summed E-state index contributed by atoms with van der Waals surface area (Å²) in [6.07, 6.45) is 0.664. The molecule has 1 spiro atoms. The fourth-order valence-electron chi connectivity index (χ4n) is 2.32. The van der Waals surface area contributed by atoms with E-state index in [1.807, 2.05) is 0 Å². The molecule has 1 aliphatic carbocycles. The number of ketones is 1. The van der Waals surface area contributed by atoms with Crippen LogP contribution in [0.2, 0.25) is 0 Å². The molecule has 15 heavy (non-hydrogen) atoms. The van der Waals surface area contributed by atoms with Gasteiger partial charge in [0.25, 0.3) is 0 Å². The van der Waals surface area contributed by atoms with Crippen molar-refractivity contribution in [3.05, 3.63) is 0 Å². The Hall–Kier alpha value is -0.0700. The van der Waals surface area contributed by atoms with E-state index in [2.05, 4.69) is 0 Å². The van der Waals surface area contributed by atoms with E-state index in [9.17, 15) is 13.2 Å². The summed E-state index contributed by atoms with van der Waals surface area (Å²) in [5.74, 6) is 1.06. The van der Waals surface area contributed by atoms with Crippen molar-refractivity contribution in [2.75, 3.05) is 18.6 Å². The summed E-state index contributed by atoms with van der Waals surface area (Å²) in [5, 5.41) is 0. The first kappa shape index (κ1) is 11.4. The highest BCUT2D eigenvalue weighted by molar-refractivity contribution is 8.07. The van der Waals surface area contributed by atoms with Gasteiger partial charge in [-0.3, -0.25) is 13.2 Å². The van der Waals surface area contributed by atoms with Gasteiger partial charge in [-0.2, -0.15) is 0 Å². The molecule has 1 saturated heterocycles. The molecule has 2 aliphatic rings. The van der Waals surface area contributed by atoms with Crippen LogP contribution in [0.1, 0.15) is 19.3 Å². The van der Waals surface area contributed by atoms with Gasteiger partial charge in [0.1, 0.15) is 9.86 Å². The Morgan fingerprint density at radius 1 is 1.33 bits per heavy atom. The predicted octanol–water partition coefficient (Wildman–Crippen LogP) is -0.0383. The number of rotatable bonds is 1. The summed E-state index contributed by atoms with van der Waals surface area (Å²) in [7, 11) is -0.743. The third-order valence-corrected chi connectivity index (χ3v) is 8.16. The highest BCUT2D eigenvalue weighted by Crippen LogP contribution is 2.40. The molecule has 2 fully saturated rings. The van der Waals surface area contributed by atoms with Crippen LogP contribution in [-0.2, 0) is 31.1 Å². The van der Waals surface area contributed by atoms with Crippen molar-refractivity contribution in [2.45, 2.75) is 29.4 Å². The molecule has 3 atom stereocenters. The second-order valence-corrected chi connectivity index (χ2v) is 7.79. The largest absolute Gasteiger partial charge is 0.378 e. The van der Waals surface area contributed by atoms with Crippen molar-refractivity contribution in [1.29, 1.82) is 0 Å². The van der Waals surface area contributed by atoms with Gasteiger partial charge in [-0.1, -0.05) is 0 Å². The predicted molar refractivity (Wildman–Crippen MR) is 58.4 cm³/mol. The lowest BCUT2D eigenvalue weighted by Crippen LogP contribution is -2.51. The summed E-state index contributed by atoms with van der Waals surface area (Å²) in [6, 6.07) is 0. The molecular formula is C9H14O4S2. The lowest BCUT2D eigenvalue weighted by molar-refractivity contribution is -0.123. The first-order chi connectivity index (χ1) is 7.11. The highest BCUT2D eigenvalue weighted by Gasteiger charge is 2.56. The zero-order valence-electron chi connectivity index (χ0n) is 8.56. The molecule has 0 aromatic carbocycles. The number of hydrogen-bond donors (Lipinski definition) is 0. The van der Waals surface area contributed by atoms with E-state index in [1.165, 1.54) is 7.11 Å². The average Bonchev–Trinajstić information content (AvgIpc) is 2.50. The second kappa shape index (κ2) is 4.07. The van der Waals surface area contributed by atoms with Gasteiger partial charge in [0.05, 0.1) is 6.10 Å². The van der Waals surface area contributed by atoms with Gasteiger partial charge < -0.3 is 4.74 Å². The monoisotopic (exact) mass is 250 g/mol. The summed E-state index contributed by atoms with van der Waals surface area (Å²) >= 11 is 0. The molecule has 6 heteroatoms. The molecule has 0 bridgehead atoms. The van der Waals surface area contributed by atoms with Crippen LogP contribution in [0.4, 0.5) is 0 Å². The van der Waals surface area contributed by atoms with Gasteiger partial charge in [-0.15, -0.1) is 0 Å². The zero-order valence-corrected chi connectivity index (χ0v) is 10.2. The van der Waals surface area contributed by atoms with Gasteiger partial charge in [-0.25, -0.2) is 0 Å². The van der Waals surface area contributed by atoms with E-state index in [-0.39, 0.29) is 12.2 Å². The first-order valence-electron chi connectivity index (χ1n) is 4.92. The van der Waals surface area contributed by atoms with E-state index in [1.54, 1.807) is 0 Å². The SMILES string of the molecule is CO[C@H]1CC(=O)CCC12S(=O)CCS2=O. The summed E-state index contributed by atoms with van der Waals surface area (Å²) < 4.78 is 28.4. The van der Waals surface area contributed by atoms with Crippen LogP contribution in [0.5, 0.6) is 0 Å². The average molecular weight is 250 g/mol. The Balaban J connectivity index is 2.36. The summed E-state index contributed by atoms with van der Waals surface area (Å²) in [5.41, 5.74) is 0. The van der Waals surface area contributed by atoms with E-state index in [4.69, 9.17) is 4.74 Å². The number of Topliss-reactive ketones (excluding diaryl/α,β-unsaturated/α-hetero) is 1. The number of carbonyl (C=O) groups is 1. The van der Waals surface area contributed by atoms with Crippen molar-refractivity contribution in [3.8, 4) is 0 Å². The molecule has 0 radical (unpaired) electrons. The Labute approximate surface area is 93.7 Å². The molecule has 1 heterocycles. The van der Waals surface area contributed by atoms with Crippen molar-refractivity contribution >= 4 is 27.4 Å². The fourth-order valence-corrected chi connectivity index (χ4v) is 7.16. The summed E-state index contributed by atoms with van der Waals surface area (Å²) in [4.78, 5) is 11.3. The van der Waals surface area contributed by atoms with Gasteiger partial charge >= 0.3 is 0 Å². The molecular weight excluding hydrogens is 236 g/mol. The third-order valence-electron chi connectivity index (χ3n) is 3.17. The van der Waals surface area contributed by atoms with Crippen molar-refractivity contribution < 1.29 is 17.9 Å². The molecule has 0 aromatic rings. The second-order valence-electron chi connectivity index (χ2n) is 3.88. The lowest BCUT2D eigenvalue weighted by Gasteiger charge is -2.36. The maximum absolute atomic E-state index is 12.0. The smallest absolute Gasteiger partial charge is 0.147 e. The number of carbonyl (C=O) groups excluding carboxylic acids is 1. The first-order valence-corrected chi connectivity index (χ1v) is 7.56. The normalized spacial score (nSPS) is 46.2. The van der Waals surface area contributed by atoms with Gasteiger partial charge in [0.15, 0.2) is 0 Å². The fraction of sp³-hybridized carbons (Fsp3) is 0.889. The van der Waals surface area contributed by atoms with Crippen LogP contribution in [0.15, 0.2) is 0 Å². The van der Waals surface area contributed by atoms with Crippen molar-refractivity contribution in [3.63, 3.8) is 0 Å². The minimum absolute atomic E-state index is 0.119. The van der Waals surface area contributed by atoms with E-state index in [0.717, 1.165) is 0 Å². The van der Waals surface area contributed by atoms with Gasteiger partial charge in [0, 0.05) is 53.1 Å². The van der Waals surface area contributed by atoms with Crippen LogP contribution in [0.3, 0.4) is 0 Å². The topological polar surface area (TPSA) is 60.4 Å². The van der Waals surface area contributed by atoms with Crippen LogP contribution >= 0.6 is 0 Å². The van der Waals surface area contributed by atoms with E-state index >= 15 is 0 Å². The number of hydrogen-bond acceptors (Lipinski definition) is 4. The molecule has 2 rings (SSSR count). The molecule has 1 saturated carbocycles. The number of ether oxygens (including phenoxy) is 1. The van der Waals surface area contributed by atoms with E-state index < -0.39 is 31.8 Å². The third kappa shape index (κ3) is 1.62. The maximum atomic E-state index is 12.0. The number of methoxy groups -OCH3 is 1. The Morgan fingerprint density at radius 2 is 1.93 bits per heavy atom. The molecule has 0 aromatic heterocycles. The summed E-state index contributed by atoms with van der Waals surface area (Å²) in [6.45, 7) is 0. The standard InChI is InChI=1S/C9H14O4S2/c1-13-8-6-7(10)2-3-9(8)14(11)4-5-15(9)12/h8H,2-6H2,1H3/t8-,9?,14?,15?/m0/s1. The Kier molecular flexibility index (Phi) is 3.10. The van der Waals surface area contributed by atoms with Crippen LogP contribution in [0.25, 0.3) is 0 Å². The molecule has 4 nitrogen and oxygen atoms in total. The molecule has 0 N–H and O–H groups in total. The van der Waals surface area contributed by atoms with E-state index in [0.29, 0.717) is 24.3 Å². The zero-order chi connectivity index (χ0) is 11.1. The minimum Gasteiger partial charge on any atom is -0.378 e. The van der Waals surface area contributed by atoms with Gasteiger partial charge in [-0.05, 0) is 6.42 Å². The minimum atomic E-state index is -1.12. The van der Waals surface area contributed by atoms with Crippen molar-refractivity contribution in [2.24, 2.45) is 0 Å². The van der Waals surface area contributed by atoms with Crippen molar-refractivity contribution in [1.82, 2.24) is 0 Å². The quantitative estimate of drug-likeness (QED) is 0.655. The molecule has 2 unspecified atom stereocenters. The Morgan fingerprint density at radius 3 is 2.47 bits per heavy atom. The van der Waals surface area contributed by atoms with Crippen LogP contribution in [-0.4, -0.2) is 43.0 Å². The molecule has 0 amide bonds. The maximum Gasteiger partial charge on any atom is 0.147 e. The highest BCUT2D eigenvalue weighted by atomic mass is 32.3.